The Hall–Kier alpha value is -3.06. The van der Waals surface area contributed by atoms with Gasteiger partial charge in [0.05, 0.1) is 19.2 Å². The molecule has 3 atom stereocenters. The summed E-state index contributed by atoms with van der Waals surface area (Å²) in [6.07, 6.45) is 3.39. The van der Waals surface area contributed by atoms with Gasteiger partial charge in [0, 0.05) is 78.2 Å². The maximum atomic E-state index is 14.1. The molecule has 0 saturated carbocycles. The zero-order valence-electron chi connectivity index (χ0n) is 26.0. The Morgan fingerprint density at radius 1 is 1.09 bits per heavy atom. The Kier molecular flexibility index (Phi) is 10.2. The summed E-state index contributed by atoms with van der Waals surface area (Å²) in [5.74, 6) is 0.868. The first-order chi connectivity index (χ1) is 20.2. The summed E-state index contributed by atoms with van der Waals surface area (Å²) in [4.78, 5) is 39.6. The van der Waals surface area contributed by atoms with E-state index in [9.17, 15) is 14.1 Å². The molecular weight excluding hydrogens is 594 g/mol. The monoisotopic (exact) mass is 633 g/mol. The normalized spacial score (nSPS) is 18.5. The van der Waals surface area contributed by atoms with Gasteiger partial charge in [0.2, 0.25) is 0 Å². The van der Waals surface area contributed by atoms with Crippen LogP contribution in [0.15, 0.2) is 34.3 Å². The highest BCUT2D eigenvalue weighted by Gasteiger charge is 2.33. The van der Waals surface area contributed by atoms with Crippen molar-refractivity contribution in [2.24, 2.45) is 0 Å². The Balaban J connectivity index is 1.65. The predicted molar refractivity (Wildman–Crippen MR) is 168 cm³/mol. The molecule has 0 bridgehead atoms. The fourth-order valence-electron chi connectivity index (χ4n) is 5.40. The summed E-state index contributed by atoms with van der Waals surface area (Å²) < 4.78 is 30.3. The second-order valence-electron chi connectivity index (χ2n) is 11.8. The maximum Gasteiger partial charge on any atom is 0.410 e. The molecule has 3 aromatic rings. The van der Waals surface area contributed by atoms with Gasteiger partial charge in [0.1, 0.15) is 23.4 Å². The first-order valence-electron chi connectivity index (χ1n) is 14.1. The second-order valence-corrected chi connectivity index (χ2v) is 13.4. The number of methoxy groups -OCH3 is 2. The Morgan fingerprint density at radius 3 is 2.35 bits per heavy atom. The van der Waals surface area contributed by atoms with E-state index in [1.165, 1.54) is 20.5 Å². The molecule has 1 aromatic carbocycles. The number of aryl methyl sites for hydroxylation is 1. The highest BCUT2D eigenvalue weighted by Crippen LogP contribution is 2.38. The smallest absolute Gasteiger partial charge is 0.410 e. The van der Waals surface area contributed by atoms with Crippen molar-refractivity contribution in [2.45, 2.75) is 70.4 Å². The third kappa shape index (κ3) is 7.36. The van der Waals surface area contributed by atoms with Gasteiger partial charge in [-0.05, 0) is 53.2 Å². The Labute approximate surface area is 260 Å². The quantitative estimate of drug-likeness (QED) is 0.259. The van der Waals surface area contributed by atoms with Crippen LogP contribution in [0.25, 0.3) is 22.2 Å². The van der Waals surface area contributed by atoms with Gasteiger partial charge in [-0.15, -0.1) is 0 Å². The van der Waals surface area contributed by atoms with Gasteiger partial charge in [-0.2, -0.15) is 9.97 Å². The van der Waals surface area contributed by atoms with Crippen molar-refractivity contribution in [2.75, 3.05) is 40.1 Å². The number of piperazine rings is 1. The average molecular weight is 634 g/mol. The van der Waals surface area contributed by atoms with E-state index in [-0.39, 0.29) is 33.9 Å². The fraction of sp³-hybridized carbons (Fsp3) is 0.533. The Morgan fingerprint density at radius 2 is 1.77 bits per heavy atom. The van der Waals surface area contributed by atoms with E-state index in [1.807, 2.05) is 20.8 Å². The van der Waals surface area contributed by atoms with E-state index in [0.717, 1.165) is 0 Å². The van der Waals surface area contributed by atoms with E-state index in [0.29, 0.717) is 66.3 Å². The molecule has 11 nitrogen and oxygen atoms in total. The number of halogens is 1. The topological polar surface area (TPSA) is 122 Å². The van der Waals surface area contributed by atoms with Crippen LogP contribution in [-0.4, -0.2) is 92.8 Å². The molecule has 1 amide bonds. The number of carbonyl (C=O) groups excluding carboxylic acids is 1. The number of hydrogen-bond acceptors (Lipinski definition) is 9. The average Bonchev–Trinajstić information content (AvgIpc) is 2.94. The number of ether oxygens (including phenoxy) is 3. The SMILES string of the molecule is COc1cc(OC)c(Cl)c(-c2cc3cnc([S+](C)[O-])nc3n(CCCN3C(C)CN(C(=O)OC(C)(C)C)CC3C)c2=O)c1. The van der Waals surface area contributed by atoms with Crippen LogP contribution in [0.2, 0.25) is 5.02 Å². The third-order valence-corrected chi connectivity index (χ3v) is 8.47. The van der Waals surface area contributed by atoms with Gasteiger partial charge < -0.3 is 23.7 Å². The van der Waals surface area contributed by atoms with Gasteiger partial charge in [-0.25, -0.2) is 4.79 Å². The van der Waals surface area contributed by atoms with Crippen molar-refractivity contribution in [1.82, 2.24) is 24.3 Å². The first-order valence-corrected chi connectivity index (χ1v) is 16.1. The summed E-state index contributed by atoms with van der Waals surface area (Å²) in [6.45, 7) is 11.9. The molecule has 0 N–H and O–H groups in total. The van der Waals surface area contributed by atoms with Crippen molar-refractivity contribution in [1.29, 1.82) is 0 Å². The molecule has 43 heavy (non-hydrogen) atoms. The fourth-order valence-corrected chi connectivity index (χ4v) is 6.11. The van der Waals surface area contributed by atoms with Crippen LogP contribution < -0.4 is 15.0 Å². The number of nitrogens with zero attached hydrogens (tertiary/aromatic N) is 5. The summed E-state index contributed by atoms with van der Waals surface area (Å²) in [6, 6.07) is 5.23. The molecule has 13 heteroatoms. The van der Waals surface area contributed by atoms with Crippen LogP contribution in [0, 0.1) is 0 Å². The van der Waals surface area contributed by atoms with Crippen molar-refractivity contribution < 1.29 is 23.6 Å². The molecule has 0 aliphatic carbocycles. The number of pyridine rings is 1. The summed E-state index contributed by atoms with van der Waals surface area (Å²) in [5.41, 5.74) is 0.348. The standard InChI is InChI=1S/C30H40ClN5O6S/c1-18-16-34(29(38)42-30(3,4)5)17-19(2)35(18)10-9-11-36-26-20(15-32-28(33-26)43(8)39)12-23(27(36)37)22-13-21(40-6)14-24(41-7)25(22)31/h12-15,18-19H,9-11,16-17H2,1-8H3. The zero-order valence-corrected chi connectivity index (χ0v) is 27.5. The molecule has 0 spiro atoms. The second kappa shape index (κ2) is 13.3. The molecular formula is C30H40ClN5O6S. The number of aromatic nitrogens is 3. The minimum absolute atomic E-state index is 0.0931. The Bertz CT molecular complexity index is 1530. The molecule has 2 aromatic heterocycles. The summed E-state index contributed by atoms with van der Waals surface area (Å²) >= 11 is 5.25. The van der Waals surface area contributed by atoms with E-state index < -0.39 is 16.8 Å². The molecule has 1 saturated heterocycles. The molecule has 3 unspecified atom stereocenters. The van der Waals surface area contributed by atoms with Crippen LogP contribution in [0.4, 0.5) is 4.79 Å². The molecule has 4 rings (SSSR count). The molecule has 234 valence electrons. The number of rotatable bonds is 8. The van der Waals surface area contributed by atoms with E-state index in [2.05, 4.69) is 28.7 Å². The van der Waals surface area contributed by atoms with Crippen molar-refractivity contribution in [3.8, 4) is 22.6 Å². The highest BCUT2D eigenvalue weighted by molar-refractivity contribution is 7.90. The van der Waals surface area contributed by atoms with Crippen molar-refractivity contribution in [3.63, 3.8) is 0 Å². The summed E-state index contributed by atoms with van der Waals surface area (Å²) in [7, 11) is 3.03. The van der Waals surface area contributed by atoms with Crippen LogP contribution in [0.1, 0.15) is 41.0 Å². The minimum Gasteiger partial charge on any atom is -0.609 e. The van der Waals surface area contributed by atoms with Gasteiger partial charge in [0.15, 0.2) is 5.65 Å². The molecule has 0 radical (unpaired) electrons. The number of amides is 1. The molecule has 1 aliphatic rings. The van der Waals surface area contributed by atoms with Crippen LogP contribution in [0.3, 0.4) is 0 Å². The minimum atomic E-state index is -1.43. The lowest BCUT2D eigenvalue weighted by atomic mass is 10.0. The number of fused-ring (bicyclic) bond motifs is 1. The molecule has 1 aliphatic heterocycles. The lowest BCUT2D eigenvalue weighted by molar-refractivity contribution is -0.00793. The lowest BCUT2D eigenvalue weighted by Crippen LogP contribution is -2.58. The number of hydrogen-bond donors (Lipinski definition) is 0. The van der Waals surface area contributed by atoms with Crippen molar-refractivity contribution in [3.05, 3.63) is 39.8 Å². The maximum absolute atomic E-state index is 14.1. The zero-order chi connectivity index (χ0) is 31.6. The highest BCUT2D eigenvalue weighted by atomic mass is 35.5. The van der Waals surface area contributed by atoms with E-state index in [4.69, 9.17) is 25.8 Å². The third-order valence-electron chi connectivity index (χ3n) is 7.37. The summed E-state index contributed by atoms with van der Waals surface area (Å²) in [5, 5.41) is 1.04. The van der Waals surface area contributed by atoms with Gasteiger partial charge in [0.25, 0.3) is 5.56 Å². The molecule has 1 fully saturated rings. The van der Waals surface area contributed by atoms with Crippen LogP contribution in [0.5, 0.6) is 11.5 Å². The first kappa shape index (κ1) is 32.8. The number of carbonyl (C=O) groups is 1. The van der Waals surface area contributed by atoms with Crippen LogP contribution in [-0.2, 0) is 22.5 Å². The van der Waals surface area contributed by atoms with E-state index in [1.54, 1.807) is 33.9 Å². The van der Waals surface area contributed by atoms with Gasteiger partial charge >= 0.3 is 11.2 Å². The van der Waals surface area contributed by atoms with Gasteiger partial charge in [-0.3, -0.25) is 14.3 Å². The van der Waals surface area contributed by atoms with E-state index >= 15 is 0 Å². The van der Waals surface area contributed by atoms with Crippen LogP contribution >= 0.6 is 11.6 Å². The molecule has 3 heterocycles. The lowest BCUT2D eigenvalue weighted by Gasteiger charge is -2.44. The number of benzene rings is 1. The van der Waals surface area contributed by atoms with Crippen molar-refractivity contribution >= 4 is 39.9 Å². The van der Waals surface area contributed by atoms with Gasteiger partial charge in [-0.1, -0.05) is 11.6 Å². The predicted octanol–water partition coefficient (Wildman–Crippen LogP) is 4.59. The largest absolute Gasteiger partial charge is 0.609 e.